The fourth-order valence-electron chi connectivity index (χ4n) is 2.54. The van der Waals surface area contributed by atoms with Crippen molar-refractivity contribution in [3.63, 3.8) is 0 Å². The first kappa shape index (κ1) is 19.1. The number of benzene rings is 2. The Balaban J connectivity index is 2.15. The molecule has 0 spiro atoms. The Morgan fingerprint density at radius 2 is 1.00 bits per heavy atom. The summed E-state index contributed by atoms with van der Waals surface area (Å²) in [5.74, 6) is -1.55. The van der Waals surface area contributed by atoms with Gasteiger partial charge in [-0.1, -0.05) is 35.4 Å². The van der Waals surface area contributed by atoms with Crippen molar-refractivity contribution in [1.29, 1.82) is 0 Å². The normalized spacial score (nSPS) is 13.6. The molecule has 0 radical (unpaired) electrons. The zero-order chi connectivity index (χ0) is 20.3. The third kappa shape index (κ3) is 3.71. The number of methoxy groups -OCH3 is 2. The zero-order valence-corrected chi connectivity index (χ0v) is 16.0. The number of ether oxygens (including phenoxy) is 2. The summed E-state index contributed by atoms with van der Waals surface area (Å²) in [7, 11) is 2.52. The van der Waals surface area contributed by atoms with Crippen LogP contribution in [-0.2, 0) is 19.1 Å². The van der Waals surface area contributed by atoms with Crippen LogP contribution in [0.4, 0.5) is 11.4 Å². The lowest BCUT2D eigenvalue weighted by Crippen LogP contribution is -2.47. The number of carbonyl (C=O) groups is 2. The van der Waals surface area contributed by atoms with Crippen molar-refractivity contribution in [3.05, 3.63) is 59.7 Å². The molecule has 8 heteroatoms. The summed E-state index contributed by atoms with van der Waals surface area (Å²) < 4.78 is 9.73. The fraction of sp³-hybridized carbons (Fsp3) is 0.200. The molecule has 0 fully saturated rings. The highest BCUT2D eigenvalue weighted by Crippen LogP contribution is 2.24. The van der Waals surface area contributed by atoms with E-state index < -0.39 is 11.9 Å². The van der Waals surface area contributed by atoms with Crippen LogP contribution in [0.3, 0.4) is 0 Å². The van der Waals surface area contributed by atoms with E-state index in [0.29, 0.717) is 11.4 Å². The van der Waals surface area contributed by atoms with E-state index in [1.807, 2.05) is 38.1 Å². The van der Waals surface area contributed by atoms with Gasteiger partial charge in [0.2, 0.25) is 0 Å². The van der Waals surface area contributed by atoms with Gasteiger partial charge in [-0.15, -0.1) is 10.2 Å². The molecule has 144 valence electrons. The van der Waals surface area contributed by atoms with Crippen LogP contribution in [0, 0.1) is 13.8 Å². The van der Waals surface area contributed by atoms with Gasteiger partial charge < -0.3 is 9.47 Å². The molecular formula is C20H20N4O4. The number of amidine groups is 2. The SMILES string of the molecule is COC(=O)C1=NN(c2ccc(C)cc2)C(C(=O)OC)=NN1c1ccc(C)cc1. The largest absolute Gasteiger partial charge is 0.463 e. The number of esters is 2. The van der Waals surface area contributed by atoms with Crippen molar-refractivity contribution in [2.75, 3.05) is 24.2 Å². The maximum atomic E-state index is 12.4. The highest BCUT2D eigenvalue weighted by atomic mass is 16.5. The van der Waals surface area contributed by atoms with E-state index in [2.05, 4.69) is 10.2 Å². The Morgan fingerprint density at radius 3 is 1.29 bits per heavy atom. The summed E-state index contributed by atoms with van der Waals surface area (Å²) in [6, 6.07) is 14.5. The maximum absolute atomic E-state index is 12.4. The van der Waals surface area contributed by atoms with E-state index >= 15 is 0 Å². The maximum Gasteiger partial charge on any atom is 0.377 e. The van der Waals surface area contributed by atoms with Crippen LogP contribution in [0.1, 0.15) is 11.1 Å². The Bertz CT molecular complexity index is 870. The predicted octanol–water partition coefficient (Wildman–Crippen LogP) is 2.60. The van der Waals surface area contributed by atoms with Crippen LogP contribution in [-0.4, -0.2) is 37.8 Å². The molecule has 3 rings (SSSR count). The summed E-state index contributed by atoms with van der Waals surface area (Å²) in [5, 5.41) is 11.2. The van der Waals surface area contributed by atoms with Gasteiger partial charge in [-0.25, -0.2) is 19.6 Å². The smallest absolute Gasteiger partial charge is 0.377 e. The van der Waals surface area contributed by atoms with Gasteiger partial charge in [0.15, 0.2) is 0 Å². The molecule has 2 aromatic carbocycles. The van der Waals surface area contributed by atoms with Crippen LogP contribution in [0.25, 0.3) is 0 Å². The lowest BCUT2D eigenvalue weighted by atomic mass is 10.2. The van der Waals surface area contributed by atoms with E-state index in [0.717, 1.165) is 11.1 Å². The van der Waals surface area contributed by atoms with Crippen molar-refractivity contribution < 1.29 is 19.1 Å². The molecular weight excluding hydrogens is 360 g/mol. The lowest BCUT2D eigenvalue weighted by molar-refractivity contribution is -0.134. The summed E-state index contributed by atoms with van der Waals surface area (Å²) >= 11 is 0. The van der Waals surface area contributed by atoms with Crippen LogP contribution < -0.4 is 10.0 Å². The van der Waals surface area contributed by atoms with E-state index in [9.17, 15) is 9.59 Å². The van der Waals surface area contributed by atoms with Crippen molar-refractivity contribution in [2.45, 2.75) is 13.8 Å². The third-order valence-corrected chi connectivity index (χ3v) is 4.08. The summed E-state index contributed by atoms with van der Waals surface area (Å²) in [6.07, 6.45) is 0. The minimum Gasteiger partial charge on any atom is -0.463 e. The first-order valence-electron chi connectivity index (χ1n) is 8.52. The summed E-state index contributed by atoms with van der Waals surface area (Å²) in [6.45, 7) is 3.88. The van der Waals surface area contributed by atoms with Gasteiger partial charge in [0.05, 0.1) is 25.6 Å². The summed E-state index contributed by atoms with van der Waals surface area (Å²) in [4.78, 5) is 24.8. The van der Waals surface area contributed by atoms with Gasteiger partial charge in [-0.05, 0) is 38.1 Å². The monoisotopic (exact) mass is 380 g/mol. The standard InChI is InChI=1S/C20H20N4O4/c1-13-5-9-15(10-6-13)23-17(19(25)27-3)22-24(18(21-23)20(26)28-4)16-11-7-14(2)8-12-16/h5-12H,1-4H3. The van der Waals surface area contributed by atoms with Crippen LogP contribution in [0.15, 0.2) is 58.7 Å². The first-order chi connectivity index (χ1) is 13.4. The molecule has 0 bridgehead atoms. The number of rotatable bonds is 4. The molecule has 0 atom stereocenters. The van der Waals surface area contributed by atoms with E-state index in [4.69, 9.17) is 9.47 Å². The van der Waals surface area contributed by atoms with E-state index in [-0.39, 0.29) is 11.7 Å². The minimum atomic E-state index is -0.689. The topological polar surface area (TPSA) is 83.8 Å². The van der Waals surface area contributed by atoms with Crippen molar-refractivity contribution >= 4 is 35.0 Å². The molecule has 0 aromatic heterocycles. The quantitative estimate of drug-likeness (QED) is 0.758. The van der Waals surface area contributed by atoms with Gasteiger partial charge in [-0.2, -0.15) is 0 Å². The van der Waals surface area contributed by atoms with Crippen LogP contribution in [0.2, 0.25) is 0 Å². The number of anilines is 2. The number of hydrogen-bond donors (Lipinski definition) is 0. The first-order valence-corrected chi connectivity index (χ1v) is 8.52. The van der Waals surface area contributed by atoms with Crippen LogP contribution in [0.5, 0.6) is 0 Å². The van der Waals surface area contributed by atoms with Crippen molar-refractivity contribution in [2.24, 2.45) is 10.2 Å². The molecule has 1 aliphatic rings. The molecule has 0 aliphatic carbocycles. The molecule has 0 unspecified atom stereocenters. The Hall–Kier alpha value is -3.68. The van der Waals surface area contributed by atoms with Gasteiger partial charge >= 0.3 is 11.9 Å². The predicted molar refractivity (Wildman–Crippen MR) is 106 cm³/mol. The van der Waals surface area contributed by atoms with E-state index in [1.165, 1.54) is 24.2 Å². The van der Waals surface area contributed by atoms with Crippen molar-refractivity contribution in [1.82, 2.24) is 0 Å². The molecule has 0 saturated carbocycles. The zero-order valence-electron chi connectivity index (χ0n) is 16.0. The summed E-state index contributed by atoms with van der Waals surface area (Å²) in [5.41, 5.74) is 3.19. The number of hydrazone groups is 2. The molecule has 0 saturated heterocycles. The molecule has 8 nitrogen and oxygen atoms in total. The Kier molecular flexibility index (Phi) is 5.39. The molecule has 1 heterocycles. The fourth-order valence-corrected chi connectivity index (χ4v) is 2.54. The number of hydrogen-bond acceptors (Lipinski definition) is 8. The van der Waals surface area contributed by atoms with Gasteiger partial charge in [0, 0.05) is 0 Å². The second kappa shape index (κ2) is 7.91. The number of carbonyl (C=O) groups excluding carboxylic acids is 2. The average molecular weight is 380 g/mol. The molecule has 2 aromatic rings. The molecule has 28 heavy (non-hydrogen) atoms. The highest BCUT2D eigenvalue weighted by molar-refractivity contribution is 6.47. The average Bonchev–Trinajstić information content (AvgIpc) is 2.73. The van der Waals surface area contributed by atoms with Crippen molar-refractivity contribution in [3.8, 4) is 0 Å². The highest BCUT2D eigenvalue weighted by Gasteiger charge is 2.34. The molecule has 0 amide bonds. The Labute approximate surface area is 162 Å². The number of nitrogens with zero attached hydrogens (tertiary/aromatic N) is 4. The number of aryl methyl sites for hydroxylation is 2. The van der Waals surface area contributed by atoms with Crippen LogP contribution >= 0.6 is 0 Å². The molecule has 1 aliphatic heterocycles. The second-order valence-electron chi connectivity index (χ2n) is 6.13. The van der Waals surface area contributed by atoms with Gasteiger partial charge in [0.1, 0.15) is 0 Å². The second-order valence-corrected chi connectivity index (χ2v) is 6.13. The molecule has 0 N–H and O–H groups in total. The van der Waals surface area contributed by atoms with E-state index in [1.54, 1.807) is 24.3 Å². The van der Waals surface area contributed by atoms with Gasteiger partial charge in [0.25, 0.3) is 11.7 Å². The Morgan fingerprint density at radius 1 is 0.679 bits per heavy atom. The minimum absolute atomic E-state index is 0.0837. The lowest BCUT2D eigenvalue weighted by Gasteiger charge is -2.29. The van der Waals surface area contributed by atoms with Gasteiger partial charge in [-0.3, -0.25) is 0 Å². The third-order valence-electron chi connectivity index (χ3n) is 4.08.